The topological polar surface area (TPSA) is 17.1 Å². The van der Waals surface area contributed by atoms with Crippen LogP contribution >= 0.6 is 23.2 Å². The van der Waals surface area contributed by atoms with E-state index < -0.39 is 11.2 Å². The van der Waals surface area contributed by atoms with Crippen molar-refractivity contribution in [2.75, 3.05) is 0 Å². The highest BCUT2D eigenvalue weighted by atomic mass is 35.5. The van der Waals surface area contributed by atoms with E-state index in [1.165, 1.54) is 12.1 Å². The molecule has 4 heteroatoms. The van der Waals surface area contributed by atoms with Gasteiger partial charge in [0.05, 0.1) is 5.02 Å². The second-order valence-electron chi connectivity index (χ2n) is 4.69. The first-order chi connectivity index (χ1) is 7.34. The summed E-state index contributed by atoms with van der Waals surface area (Å²) in [5.74, 6) is -0.320. The number of rotatable bonds is 1. The van der Waals surface area contributed by atoms with Crippen LogP contribution in [0.25, 0.3) is 0 Å². The number of carbonyl (C=O) groups excluding carboxylic acids is 1. The van der Waals surface area contributed by atoms with Gasteiger partial charge in [0.1, 0.15) is 11.6 Å². The standard InChI is InChI=1S/C12H11Cl2FO/c1-12(2)7(4-11(12)16)6-3-10(15)9(14)5-8(6)13/h3,5,7H,4H2,1-2H3. The summed E-state index contributed by atoms with van der Waals surface area (Å²) in [5, 5.41) is 0.439. The van der Waals surface area contributed by atoms with Crippen LogP contribution in [-0.2, 0) is 4.79 Å². The Morgan fingerprint density at radius 3 is 2.44 bits per heavy atom. The van der Waals surface area contributed by atoms with Crippen LogP contribution in [0.15, 0.2) is 12.1 Å². The minimum Gasteiger partial charge on any atom is -0.299 e. The van der Waals surface area contributed by atoms with Gasteiger partial charge < -0.3 is 0 Å². The maximum Gasteiger partial charge on any atom is 0.142 e. The predicted octanol–water partition coefficient (Wildman–Crippen LogP) is 4.22. The Labute approximate surface area is 104 Å². The minimum atomic E-state index is -0.490. The van der Waals surface area contributed by atoms with Gasteiger partial charge in [-0.25, -0.2) is 4.39 Å². The second kappa shape index (κ2) is 3.71. The number of Topliss-reactive ketones (excluding diaryl/α,β-unsaturated/α-hetero) is 1. The summed E-state index contributed by atoms with van der Waals surface area (Å²) < 4.78 is 13.4. The van der Waals surface area contributed by atoms with Crippen LogP contribution in [0.5, 0.6) is 0 Å². The van der Waals surface area contributed by atoms with Crippen molar-refractivity contribution in [3.05, 3.63) is 33.6 Å². The minimum absolute atomic E-state index is 0.0113. The first kappa shape index (κ1) is 11.9. The fourth-order valence-electron chi connectivity index (χ4n) is 2.07. The molecule has 1 nitrogen and oxygen atoms in total. The van der Waals surface area contributed by atoms with Crippen molar-refractivity contribution in [2.45, 2.75) is 26.2 Å². The predicted molar refractivity (Wildman–Crippen MR) is 62.6 cm³/mol. The summed E-state index contributed by atoms with van der Waals surface area (Å²) in [6.07, 6.45) is 0.424. The molecule has 0 saturated heterocycles. The first-order valence-corrected chi connectivity index (χ1v) is 5.77. The molecule has 1 unspecified atom stereocenters. The average Bonchev–Trinajstić information content (AvgIpc) is 2.20. The molecule has 1 atom stereocenters. The summed E-state index contributed by atoms with van der Waals surface area (Å²) in [7, 11) is 0. The quantitative estimate of drug-likeness (QED) is 0.692. The lowest BCUT2D eigenvalue weighted by atomic mass is 9.59. The van der Waals surface area contributed by atoms with Gasteiger partial charge in [-0.3, -0.25) is 4.79 Å². The molecule has 16 heavy (non-hydrogen) atoms. The van der Waals surface area contributed by atoms with Crippen LogP contribution in [-0.4, -0.2) is 5.78 Å². The summed E-state index contributed by atoms with van der Waals surface area (Å²) in [5.41, 5.74) is 0.220. The van der Waals surface area contributed by atoms with E-state index in [4.69, 9.17) is 23.2 Å². The van der Waals surface area contributed by atoms with E-state index in [0.717, 1.165) is 0 Å². The number of ketones is 1. The second-order valence-corrected chi connectivity index (χ2v) is 5.50. The summed E-state index contributed by atoms with van der Waals surface area (Å²) in [6, 6.07) is 2.73. The van der Waals surface area contributed by atoms with Crippen molar-refractivity contribution in [1.29, 1.82) is 0 Å². The Morgan fingerprint density at radius 2 is 1.94 bits per heavy atom. The molecule has 1 fully saturated rings. The van der Waals surface area contributed by atoms with Gasteiger partial charge in [-0.2, -0.15) is 0 Å². The number of benzene rings is 1. The van der Waals surface area contributed by atoms with Gasteiger partial charge in [0.15, 0.2) is 0 Å². The fraction of sp³-hybridized carbons (Fsp3) is 0.417. The Morgan fingerprint density at radius 1 is 1.31 bits per heavy atom. The monoisotopic (exact) mass is 260 g/mol. The first-order valence-electron chi connectivity index (χ1n) is 5.01. The molecule has 0 N–H and O–H groups in total. The van der Waals surface area contributed by atoms with Crippen molar-refractivity contribution in [3.8, 4) is 0 Å². The lowest BCUT2D eigenvalue weighted by Gasteiger charge is -2.43. The van der Waals surface area contributed by atoms with Gasteiger partial charge in [-0.15, -0.1) is 0 Å². The molecule has 0 radical (unpaired) electrons. The molecule has 0 spiro atoms. The van der Waals surface area contributed by atoms with E-state index in [2.05, 4.69) is 0 Å². The van der Waals surface area contributed by atoms with Crippen LogP contribution in [0.3, 0.4) is 0 Å². The highest BCUT2D eigenvalue weighted by Crippen LogP contribution is 2.51. The molecule has 86 valence electrons. The highest BCUT2D eigenvalue weighted by Gasteiger charge is 2.48. The molecular weight excluding hydrogens is 250 g/mol. The van der Waals surface area contributed by atoms with Crippen molar-refractivity contribution in [1.82, 2.24) is 0 Å². The Bertz CT molecular complexity index is 468. The van der Waals surface area contributed by atoms with Crippen LogP contribution in [0.2, 0.25) is 10.0 Å². The van der Waals surface area contributed by atoms with Gasteiger partial charge in [-0.1, -0.05) is 37.0 Å². The van der Waals surface area contributed by atoms with Gasteiger partial charge in [0, 0.05) is 22.8 Å². The van der Waals surface area contributed by atoms with Crippen molar-refractivity contribution >= 4 is 29.0 Å². The smallest absolute Gasteiger partial charge is 0.142 e. The van der Waals surface area contributed by atoms with Gasteiger partial charge in [0.2, 0.25) is 0 Å². The van der Waals surface area contributed by atoms with Gasteiger partial charge in [-0.05, 0) is 17.7 Å². The molecule has 2 rings (SSSR count). The third-order valence-electron chi connectivity index (χ3n) is 3.39. The SMILES string of the molecule is CC1(C)C(=O)CC1c1cc(F)c(Cl)cc1Cl. The fourth-order valence-corrected chi connectivity index (χ4v) is 2.59. The zero-order chi connectivity index (χ0) is 12.1. The summed E-state index contributed by atoms with van der Waals surface area (Å²) in [4.78, 5) is 11.4. The average molecular weight is 261 g/mol. The van der Waals surface area contributed by atoms with E-state index in [-0.39, 0.29) is 16.7 Å². The summed E-state index contributed by atoms with van der Waals surface area (Å²) >= 11 is 11.6. The molecule has 1 saturated carbocycles. The van der Waals surface area contributed by atoms with Gasteiger partial charge in [0.25, 0.3) is 0 Å². The third kappa shape index (κ3) is 1.64. The number of halogens is 3. The van der Waals surface area contributed by atoms with Gasteiger partial charge >= 0.3 is 0 Å². The van der Waals surface area contributed by atoms with E-state index in [1.807, 2.05) is 13.8 Å². The van der Waals surface area contributed by atoms with Crippen molar-refractivity contribution in [3.63, 3.8) is 0 Å². The lowest BCUT2D eigenvalue weighted by molar-refractivity contribution is -0.137. The molecule has 0 aromatic heterocycles. The normalized spacial score (nSPS) is 23.1. The molecule has 0 bridgehead atoms. The Balaban J connectivity index is 2.43. The molecule has 0 amide bonds. The molecule has 0 heterocycles. The van der Waals surface area contributed by atoms with E-state index in [9.17, 15) is 9.18 Å². The van der Waals surface area contributed by atoms with Crippen molar-refractivity contribution in [2.24, 2.45) is 5.41 Å². The Kier molecular flexibility index (Phi) is 2.75. The van der Waals surface area contributed by atoms with Crippen LogP contribution in [0.4, 0.5) is 4.39 Å². The van der Waals surface area contributed by atoms with Crippen LogP contribution in [0.1, 0.15) is 31.7 Å². The van der Waals surface area contributed by atoms with E-state index in [1.54, 1.807) is 0 Å². The third-order valence-corrected chi connectivity index (χ3v) is 4.01. The zero-order valence-corrected chi connectivity index (χ0v) is 10.5. The van der Waals surface area contributed by atoms with Crippen molar-refractivity contribution < 1.29 is 9.18 Å². The Hall–Kier alpha value is -0.600. The summed E-state index contributed by atoms with van der Waals surface area (Å²) in [6.45, 7) is 3.71. The molecule has 1 aromatic carbocycles. The molecule has 1 aliphatic rings. The number of hydrogen-bond donors (Lipinski definition) is 0. The highest BCUT2D eigenvalue weighted by molar-refractivity contribution is 6.35. The molecule has 0 aliphatic heterocycles. The molecule has 1 aliphatic carbocycles. The maximum atomic E-state index is 13.4. The van der Waals surface area contributed by atoms with E-state index >= 15 is 0 Å². The lowest BCUT2D eigenvalue weighted by Crippen LogP contribution is -2.43. The van der Waals surface area contributed by atoms with E-state index in [0.29, 0.717) is 17.0 Å². The number of hydrogen-bond acceptors (Lipinski definition) is 1. The zero-order valence-electron chi connectivity index (χ0n) is 8.98. The van der Waals surface area contributed by atoms with Crippen LogP contribution < -0.4 is 0 Å². The molecule has 1 aromatic rings. The van der Waals surface area contributed by atoms with Crippen LogP contribution in [0, 0.1) is 11.2 Å². The maximum absolute atomic E-state index is 13.4. The number of carbonyl (C=O) groups is 1. The molecular formula is C12H11Cl2FO. The largest absolute Gasteiger partial charge is 0.299 e.